The number of thiocarbonyl (C=S) groups is 1. The van der Waals surface area contributed by atoms with Gasteiger partial charge in [-0.25, -0.2) is 4.79 Å². The summed E-state index contributed by atoms with van der Waals surface area (Å²) < 4.78 is 16.3. The molecule has 6 heteroatoms. The van der Waals surface area contributed by atoms with Gasteiger partial charge in [-0.05, 0) is 50.0 Å². The average Bonchev–Trinajstić information content (AvgIpc) is 3.15. The third-order valence-corrected chi connectivity index (χ3v) is 5.59. The van der Waals surface area contributed by atoms with Crippen LogP contribution in [0, 0.1) is 6.92 Å². The fourth-order valence-corrected chi connectivity index (χ4v) is 3.68. The maximum absolute atomic E-state index is 12.0. The first-order valence-electron chi connectivity index (χ1n) is 9.86. The molecule has 0 radical (unpaired) electrons. The fourth-order valence-electron chi connectivity index (χ4n) is 3.52. The molecule has 1 aliphatic heterocycles. The first kappa shape index (κ1) is 21.8. The zero-order valence-corrected chi connectivity index (χ0v) is 18.3. The Morgan fingerprint density at radius 3 is 2.70 bits per heavy atom. The van der Waals surface area contributed by atoms with E-state index in [0.717, 1.165) is 23.1 Å². The molecule has 0 aliphatic carbocycles. The molecule has 30 heavy (non-hydrogen) atoms. The molecule has 2 aromatic carbocycles. The molecule has 0 spiro atoms. The van der Waals surface area contributed by atoms with Crippen LogP contribution in [0.5, 0.6) is 11.5 Å². The van der Waals surface area contributed by atoms with E-state index in [1.165, 1.54) is 0 Å². The number of methoxy groups -OCH3 is 1. The van der Waals surface area contributed by atoms with Gasteiger partial charge in [0.2, 0.25) is 0 Å². The second-order valence-corrected chi connectivity index (χ2v) is 7.77. The summed E-state index contributed by atoms with van der Waals surface area (Å²) in [6.07, 6.45) is 3.86. The molecule has 0 saturated carbocycles. The van der Waals surface area contributed by atoms with Gasteiger partial charge in [0.1, 0.15) is 30.3 Å². The number of carbonyl (C=O) groups is 1. The summed E-state index contributed by atoms with van der Waals surface area (Å²) in [6.45, 7) is 4.52. The van der Waals surface area contributed by atoms with Gasteiger partial charge in [-0.1, -0.05) is 42.0 Å². The van der Waals surface area contributed by atoms with Crippen LogP contribution >= 0.6 is 12.2 Å². The van der Waals surface area contributed by atoms with E-state index in [9.17, 15) is 9.90 Å². The summed E-state index contributed by atoms with van der Waals surface area (Å²) in [5.41, 5.74) is 4.56. The van der Waals surface area contributed by atoms with Gasteiger partial charge in [0.15, 0.2) is 5.05 Å². The van der Waals surface area contributed by atoms with Gasteiger partial charge in [0.05, 0.1) is 7.11 Å². The predicted molar refractivity (Wildman–Crippen MR) is 119 cm³/mol. The van der Waals surface area contributed by atoms with Gasteiger partial charge in [0.25, 0.3) is 0 Å². The minimum absolute atomic E-state index is 0.0549. The van der Waals surface area contributed by atoms with Crippen molar-refractivity contribution in [1.29, 1.82) is 0 Å². The molecule has 0 unspecified atom stereocenters. The Morgan fingerprint density at radius 1 is 1.27 bits per heavy atom. The number of hydrogen-bond acceptors (Lipinski definition) is 6. The molecular weight excluding hydrogens is 400 g/mol. The van der Waals surface area contributed by atoms with Crippen molar-refractivity contribution in [3.05, 3.63) is 69.8 Å². The van der Waals surface area contributed by atoms with Crippen LogP contribution in [0.4, 0.5) is 0 Å². The molecule has 2 aromatic rings. The SMILES string of the molecule is COc1c(C)c2c(c(O)c1C/C=C(\C)CCC(=S)OCc1ccccc1)C(=O)OC2. The van der Waals surface area contributed by atoms with Gasteiger partial charge in [-0.2, -0.15) is 0 Å². The molecule has 0 bridgehead atoms. The summed E-state index contributed by atoms with van der Waals surface area (Å²) in [6, 6.07) is 9.91. The lowest BCUT2D eigenvalue weighted by molar-refractivity contribution is 0.0533. The third-order valence-electron chi connectivity index (χ3n) is 5.27. The van der Waals surface area contributed by atoms with Crippen molar-refractivity contribution in [2.24, 2.45) is 0 Å². The topological polar surface area (TPSA) is 65.0 Å². The van der Waals surface area contributed by atoms with Crippen molar-refractivity contribution in [3.8, 4) is 11.5 Å². The maximum Gasteiger partial charge on any atom is 0.342 e. The average molecular weight is 427 g/mol. The van der Waals surface area contributed by atoms with E-state index >= 15 is 0 Å². The molecule has 0 saturated heterocycles. The molecule has 1 heterocycles. The van der Waals surface area contributed by atoms with E-state index in [4.69, 9.17) is 26.4 Å². The maximum atomic E-state index is 12.0. The van der Waals surface area contributed by atoms with Gasteiger partial charge < -0.3 is 19.3 Å². The van der Waals surface area contributed by atoms with Crippen LogP contribution < -0.4 is 4.74 Å². The molecule has 0 amide bonds. The lowest BCUT2D eigenvalue weighted by atomic mass is 9.94. The van der Waals surface area contributed by atoms with Crippen LogP contribution in [-0.4, -0.2) is 23.2 Å². The lowest BCUT2D eigenvalue weighted by Crippen LogP contribution is -2.03. The second-order valence-electron chi connectivity index (χ2n) is 7.32. The van der Waals surface area contributed by atoms with E-state index < -0.39 is 5.97 Å². The number of benzene rings is 2. The minimum Gasteiger partial charge on any atom is -0.507 e. The predicted octanol–water partition coefficient (Wildman–Crippen LogP) is 5.19. The lowest BCUT2D eigenvalue weighted by Gasteiger charge is -2.15. The van der Waals surface area contributed by atoms with E-state index in [1.54, 1.807) is 7.11 Å². The Hall–Kier alpha value is -2.86. The number of phenols is 1. The molecule has 3 rings (SSSR count). The van der Waals surface area contributed by atoms with E-state index in [0.29, 0.717) is 41.4 Å². The highest BCUT2D eigenvalue weighted by Gasteiger charge is 2.31. The van der Waals surface area contributed by atoms with Crippen molar-refractivity contribution in [2.75, 3.05) is 7.11 Å². The Bertz CT molecular complexity index is 979. The largest absolute Gasteiger partial charge is 0.507 e. The molecule has 5 nitrogen and oxygen atoms in total. The van der Waals surface area contributed by atoms with Crippen LogP contribution in [-0.2, 0) is 29.1 Å². The van der Waals surface area contributed by atoms with Crippen molar-refractivity contribution >= 4 is 23.2 Å². The Morgan fingerprint density at radius 2 is 2.00 bits per heavy atom. The standard InChI is InChI=1S/C24H26O5S/c1-15(10-12-20(30)28-13-17-7-5-4-6-8-17)9-11-18-22(25)21-19(14-29-24(21)26)16(2)23(18)27-3/h4-9,25H,10-14H2,1-3H3/b15-9+. The number of carbonyl (C=O) groups excluding carboxylic acids is 1. The Labute approximate surface area is 182 Å². The van der Waals surface area contributed by atoms with Gasteiger partial charge in [0, 0.05) is 17.5 Å². The number of esters is 1. The van der Waals surface area contributed by atoms with Gasteiger partial charge in [-0.3, -0.25) is 0 Å². The molecule has 1 aliphatic rings. The van der Waals surface area contributed by atoms with Gasteiger partial charge in [-0.15, -0.1) is 0 Å². The van der Waals surface area contributed by atoms with Gasteiger partial charge >= 0.3 is 5.97 Å². The monoisotopic (exact) mass is 426 g/mol. The number of allylic oxidation sites excluding steroid dienone is 2. The summed E-state index contributed by atoms with van der Waals surface area (Å²) in [7, 11) is 1.56. The van der Waals surface area contributed by atoms with Crippen molar-refractivity contribution in [3.63, 3.8) is 0 Å². The summed E-state index contributed by atoms with van der Waals surface area (Å²) in [5, 5.41) is 11.2. The highest BCUT2D eigenvalue weighted by atomic mass is 32.1. The highest BCUT2D eigenvalue weighted by molar-refractivity contribution is 7.80. The molecule has 0 fully saturated rings. The third kappa shape index (κ3) is 4.82. The van der Waals surface area contributed by atoms with E-state index in [-0.39, 0.29) is 17.9 Å². The smallest absolute Gasteiger partial charge is 0.342 e. The Balaban J connectivity index is 1.63. The van der Waals surface area contributed by atoms with Crippen molar-refractivity contribution in [2.45, 2.75) is 46.3 Å². The van der Waals surface area contributed by atoms with E-state index in [2.05, 4.69) is 0 Å². The zero-order chi connectivity index (χ0) is 21.7. The van der Waals surface area contributed by atoms with E-state index in [1.807, 2.05) is 50.3 Å². The first-order chi connectivity index (χ1) is 14.4. The summed E-state index contributed by atoms with van der Waals surface area (Å²) >= 11 is 5.33. The Kier molecular flexibility index (Phi) is 7.11. The second kappa shape index (κ2) is 9.76. The van der Waals surface area contributed by atoms with Crippen molar-refractivity contribution < 1.29 is 24.1 Å². The molecule has 158 valence electrons. The van der Waals surface area contributed by atoms with Crippen LogP contribution in [0.25, 0.3) is 0 Å². The molecule has 0 aromatic heterocycles. The molecular formula is C24H26O5S. The number of hydrogen-bond donors (Lipinski definition) is 1. The molecule has 0 atom stereocenters. The van der Waals surface area contributed by atoms with Crippen LogP contribution in [0.2, 0.25) is 0 Å². The normalized spacial score (nSPS) is 13.0. The number of cyclic esters (lactones) is 1. The quantitative estimate of drug-likeness (QED) is 0.356. The number of rotatable bonds is 8. The van der Waals surface area contributed by atoms with Crippen molar-refractivity contribution in [1.82, 2.24) is 0 Å². The zero-order valence-electron chi connectivity index (χ0n) is 17.5. The van der Waals surface area contributed by atoms with Crippen LogP contribution in [0.15, 0.2) is 42.0 Å². The number of aromatic hydroxyl groups is 1. The highest BCUT2D eigenvalue weighted by Crippen LogP contribution is 2.42. The minimum atomic E-state index is -0.490. The fraction of sp³-hybridized carbons (Fsp3) is 0.333. The summed E-state index contributed by atoms with van der Waals surface area (Å²) in [4.78, 5) is 12.0. The van der Waals surface area contributed by atoms with Crippen LogP contribution in [0.1, 0.15) is 52.4 Å². The first-order valence-corrected chi connectivity index (χ1v) is 10.3. The summed E-state index contributed by atoms with van der Waals surface area (Å²) in [5.74, 6) is 0.0483. The molecule has 1 N–H and O–H groups in total. The van der Waals surface area contributed by atoms with Crippen LogP contribution in [0.3, 0.4) is 0 Å². The number of fused-ring (bicyclic) bond motifs is 1. The number of ether oxygens (including phenoxy) is 3. The number of phenolic OH excluding ortho intramolecular Hbond substituents is 1.